The van der Waals surface area contributed by atoms with Crippen molar-refractivity contribution in [2.45, 2.75) is 19.8 Å². The predicted molar refractivity (Wildman–Crippen MR) is 63.2 cm³/mol. The van der Waals surface area contributed by atoms with Crippen molar-refractivity contribution in [3.05, 3.63) is 29.6 Å². The Morgan fingerprint density at radius 3 is 3.12 bits per heavy atom. The molecular formula is C13H18FNO. The molecule has 16 heavy (non-hydrogen) atoms. The SMILES string of the molecule is Cc1ccc(F)c(NCC2CCCOC2)c1. The fourth-order valence-electron chi connectivity index (χ4n) is 2.00. The first kappa shape index (κ1) is 11.4. The fourth-order valence-corrected chi connectivity index (χ4v) is 2.00. The molecule has 0 aliphatic carbocycles. The number of rotatable bonds is 3. The summed E-state index contributed by atoms with van der Waals surface area (Å²) in [5.41, 5.74) is 1.68. The van der Waals surface area contributed by atoms with Gasteiger partial charge in [-0.05, 0) is 43.4 Å². The van der Waals surface area contributed by atoms with E-state index in [9.17, 15) is 4.39 Å². The van der Waals surface area contributed by atoms with Crippen molar-refractivity contribution in [1.29, 1.82) is 0 Å². The summed E-state index contributed by atoms with van der Waals surface area (Å²) in [5, 5.41) is 3.17. The molecule has 0 aromatic heterocycles. The van der Waals surface area contributed by atoms with Crippen molar-refractivity contribution in [2.24, 2.45) is 5.92 Å². The van der Waals surface area contributed by atoms with Gasteiger partial charge in [-0.1, -0.05) is 6.07 Å². The van der Waals surface area contributed by atoms with Crippen LogP contribution in [-0.4, -0.2) is 19.8 Å². The lowest BCUT2D eigenvalue weighted by Gasteiger charge is -2.22. The Kier molecular flexibility index (Phi) is 3.78. The molecule has 2 nitrogen and oxygen atoms in total. The molecule has 0 bridgehead atoms. The number of anilines is 1. The zero-order valence-corrected chi connectivity index (χ0v) is 9.63. The van der Waals surface area contributed by atoms with Crippen molar-refractivity contribution >= 4 is 5.69 Å². The van der Waals surface area contributed by atoms with Crippen molar-refractivity contribution in [3.63, 3.8) is 0 Å². The van der Waals surface area contributed by atoms with Gasteiger partial charge >= 0.3 is 0 Å². The highest BCUT2D eigenvalue weighted by atomic mass is 19.1. The van der Waals surface area contributed by atoms with Gasteiger partial charge in [-0.3, -0.25) is 0 Å². The molecule has 88 valence electrons. The van der Waals surface area contributed by atoms with Crippen LogP contribution in [0.2, 0.25) is 0 Å². The van der Waals surface area contributed by atoms with Gasteiger partial charge in [0.2, 0.25) is 0 Å². The lowest BCUT2D eigenvalue weighted by molar-refractivity contribution is 0.0595. The van der Waals surface area contributed by atoms with Gasteiger partial charge in [-0.25, -0.2) is 4.39 Å². The van der Waals surface area contributed by atoms with Gasteiger partial charge in [0.25, 0.3) is 0 Å². The largest absolute Gasteiger partial charge is 0.382 e. The average Bonchev–Trinajstić information content (AvgIpc) is 2.32. The van der Waals surface area contributed by atoms with E-state index in [0.717, 1.165) is 31.7 Å². The molecule has 1 unspecified atom stereocenters. The topological polar surface area (TPSA) is 21.3 Å². The number of aryl methyl sites for hydroxylation is 1. The van der Waals surface area contributed by atoms with Gasteiger partial charge in [0.05, 0.1) is 12.3 Å². The summed E-state index contributed by atoms with van der Waals surface area (Å²) in [6.07, 6.45) is 2.28. The van der Waals surface area contributed by atoms with Gasteiger partial charge in [0, 0.05) is 13.2 Å². The van der Waals surface area contributed by atoms with Crippen LogP contribution in [0.4, 0.5) is 10.1 Å². The van der Waals surface area contributed by atoms with Crippen LogP contribution in [0.25, 0.3) is 0 Å². The molecular weight excluding hydrogens is 205 g/mol. The molecule has 1 aliphatic rings. The van der Waals surface area contributed by atoms with Gasteiger partial charge in [0.1, 0.15) is 5.82 Å². The monoisotopic (exact) mass is 223 g/mol. The molecule has 1 fully saturated rings. The van der Waals surface area contributed by atoms with E-state index in [4.69, 9.17) is 4.74 Å². The summed E-state index contributed by atoms with van der Waals surface area (Å²) < 4.78 is 18.8. The zero-order chi connectivity index (χ0) is 11.4. The van der Waals surface area contributed by atoms with E-state index in [1.165, 1.54) is 12.5 Å². The van der Waals surface area contributed by atoms with Gasteiger partial charge in [-0.2, -0.15) is 0 Å². The van der Waals surface area contributed by atoms with Crippen LogP contribution < -0.4 is 5.32 Å². The maximum absolute atomic E-state index is 13.4. The van der Waals surface area contributed by atoms with Crippen molar-refractivity contribution in [3.8, 4) is 0 Å². The van der Waals surface area contributed by atoms with Crippen molar-refractivity contribution in [1.82, 2.24) is 0 Å². The molecule has 2 rings (SSSR count). The van der Waals surface area contributed by atoms with Crippen LogP contribution in [0, 0.1) is 18.7 Å². The lowest BCUT2D eigenvalue weighted by Crippen LogP contribution is -2.24. The highest BCUT2D eigenvalue weighted by Gasteiger charge is 2.14. The minimum atomic E-state index is -0.178. The van der Waals surface area contributed by atoms with E-state index in [1.807, 2.05) is 13.0 Å². The van der Waals surface area contributed by atoms with Crippen LogP contribution in [0.1, 0.15) is 18.4 Å². The van der Waals surface area contributed by atoms with E-state index < -0.39 is 0 Å². The third kappa shape index (κ3) is 2.95. The molecule has 3 heteroatoms. The van der Waals surface area contributed by atoms with E-state index in [0.29, 0.717) is 11.6 Å². The normalized spacial score (nSPS) is 20.8. The molecule has 1 aromatic rings. The van der Waals surface area contributed by atoms with E-state index in [1.54, 1.807) is 6.07 Å². The third-order valence-corrected chi connectivity index (χ3v) is 2.96. The Morgan fingerprint density at radius 2 is 2.38 bits per heavy atom. The fraction of sp³-hybridized carbons (Fsp3) is 0.538. The minimum absolute atomic E-state index is 0.178. The van der Waals surface area contributed by atoms with Crippen molar-refractivity contribution < 1.29 is 9.13 Å². The Morgan fingerprint density at radius 1 is 1.50 bits per heavy atom. The average molecular weight is 223 g/mol. The Balaban J connectivity index is 1.90. The van der Waals surface area contributed by atoms with Gasteiger partial charge in [-0.15, -0.1) is 0 Å². The quantitative estimate of drug-likeness (QED) is 0.850. The summed E-state index contributed by atoms with van der Waals surface area (Å²) in [7, 11) is 0. The Bertz CT molecular complexity index is 348. The second-order valence-corrected chi connectivity index (χ2v) is 4.45. The number of ether oxygens (including phenoxy) is 1. The summed E-state index contributed by atoms with van der Waals surface area (Å²) >= 11 is 0. The molecule has 1 aromatic carbocycles. The predicted octanol–water partition coefficient (Wildman–Crippen LogP) is 2.97. The number of hydrogen-bond donors (Lipinski definition) is 1. The van der Waals surface area contributed by atoms with Gasteiger partial charge in [0.15, 0.2) is 0 Å². The first-order valence-electron chi connectivity index (χ1n) is 5.83. The standard InChI is InChI=1S/C13H18FNO/c1-10-4-5-12(14)13(7-10)15-8-11-3-2-6-16-9-11/h4-5,7,11,15H,2-3,6,8-9H2,1H3. The molecule has 0 amide bonds. The first-order valence-corrected chi connectivity index (χ1v) is 5.83. The highest BCUT2D eigenvalue weighted by molar-refractivity contribution is 5.47. The molecule has 0 spiro atoms. The van der Waals surface area contributed by atoms with Gasteiger partial charge < -0.3 is 10.1 Å². The number of halogens is 1. The molecule has 1 heterocycles. The van der Waals surface area contributed by atoms with Crippen LogP contribution in [0.5, 0.6) is 0 Å². The highest BCUT2D eigenvalue weighted by Crippen LogP contribution is 2.18. The smallest absolute Gasteiger partial charge is 0.146 e. The zero-order valence-electron chi connectivity index (χ0n) is 9.63. The Hall–Kier alpha value is -1.09. The first-order chi connectivity index (χ1) is 7.75. The number of nitrogens with one attached hydrogen (secondary N) is 1. The van der Waals surface area contributed by atoms with Crippen LogP contribution in [0.3, 0.4) is 0 Å². The molecule has 1 aliphatic heterocycles. The van der Waals surface area contributed by atoms with Crippen LogP contribution in [-0.2, 0) is 4.74 Å². The Labute approximate surface area is 95.8 Å². The van der Waals surface area contributed by atoms with Crippen molar-refractivity contribution in [2.75, 3.05) is 25.1 Å². The molecule has 1 atom stereocenters. The maximum Gasteiger partial charge on any atom is 0.146 e. The summed E-state index contributed by atoms with van der Waals surface area (Å²) in [6.45, 7) is 4.42. The number of hydrogen-bond acceptors (Lipinski definition) is 2. The maximum atomic E-state index is 13.4. The lowest BCUT2D eigenvalue weighted by atomic mass is 10.0. The second-order valence-electron chi connectivity index (χ2n) is 4.45. The van der Waals surface area contributed by atoms with E-state index in [2.05, 4.69) is 5.32 Å². The molecule has 0 radical (unpaired) electrons. The molecule has 0 saturated carbocycles. The van der Waals surface area contributed by atoms with E-state index >= 15 is 0 Å². The van der Waals surface area contributed by atoms with Crippen LogP contribution >= 0.6 is 0 Å². The summed E-state index contributed by atoms with van der Waals surface area (Å²) in [4.78, 5) is 0. The second kappa shape index (κ2) is 5.30. The minimum Gasteiger partial charge on any atom is -0.382 e. The van der Waals surface area contributed by atoms with E-state index in [-0.39, 0.29) is 5.82 Å². The number of benzene rings is 1. The molecule has 1 saturated heterocycles. The third-order valence-electron chi connectivity index (χ3n) is 2.96. The van der Waals surface area contributed by atoms with Crippen LogP contribution in [0.15, 0.2) is 18.2 Å². The summed E-state index contributed by atoms with van der Waals surface area (Å²) in [5.74, 6) is 0.330. The summed E-state index contributed by atoms with van der Waals surface area (Å²) in [6, 6.07) is 5.14. The molecule has 1 N–H and O–H groups in total.